The number of quaternary nitrogens is 2. The lowest BCUT2D eigenvalue weighted by atomic mass is 9.78. The van der Waals surface area contributed by atoms with Crippen LogP contribution in [0, 0.1) is 5.41 Å². The van der Waals surface area contributed by atoms with E-state index in [2.05, 4.69) is 23.1 Å². The van der Waals surface area contributed by atoms with Crippen molar-refractivity contribution in [3.05, 3.63) is 40.6 Å². The molecule has 4 aliphatic rings. The van der Waals surface area contributed by atoms with Crippen LogP contribution in [0.2, 0.25) is 5.02 Å². The van der Waals surface area contributed by atoms with E-state index in [1.165, 1.54) is 24.4 Å². The van der Waals surface area contributed by atoms with Crippen molar-refractivity contribution in [3.8, 4) is 0 Å². The zero-order valence-electron chi connectivity index (χ0n) is 13.8. The lowest BCUT2D eigenvalue weighted by Gasteiger charge is -2.42. The standard InChI is InChI=1S/C17H22ClN5O/c1-17-10-22-5-6-23(11-17)9-12(8-22)15(17)20-21-16(24)19-14-4-2-3-13(18)7-14/h2-4,7,20H,5-6,8-11H2,1H3,(H2,19,21,24)/p+2. The average Bonchev–Trinajstić information content (AvgIpc) is 2.73. The highest BCUT2D eigenvalue weighted by molar-refractivity contribution is 6.30. The molecule has 7 heteroatoms. The molecule has 128 valence electrons. The second kappa shape index (κ2) is 5.95. The number of fused-ring (bicyclic) bond motifs is 1. The predicted octanol–water partition coefficient (Wildman–Crippen LogP) is -0.963. The van der Waals surface area contributed by atoms with Crippen molar-refractivity contribution < 1.29 is 14.6 Å². The summed E-state index contributed by atoms with van der Waals surface area (Å²) in [7, 11) is 0. The van der Waals surface area contributed by atoms with Crippen molar-refractivity contribution in [2.75, 3.05) is 44.6 Å². The maximum absolute atomic E-state index is 12.2. The molecule has 2 atom stereocenters. The first-order valence-corrected chi connectivity index (χ1v) is 8.88. The maximum atomic E-state index is 12.2. The zero-order chi connectivity index (χ0) is 16.7. The number of hydrogen-bond acceptors (Lipinski definition) is 2. The van der Waals surface area contributed by atoms with Gasteiger partial charge in [0.2, 0.25) is 0 Å². The van der Waals surface area contributed by atoms with E-state index in [-0.39, 0.29) is 11.4 Å². The van der Waals surface area contributed by atoms with Crippen LogP contribution in [0.5, 0.6) is 0 Å². The number of hydrazine groups is 1. The second-order valence-corrected chi connectivity index (χ2v) is 7.90. The van der Waals surface area contributed by atoms with Gasteiger partial charge in [0, 0.05) is 10.7 Å². The summed E-state index contributed by atoms with van der Waals surface area (Å²) in [5, 5.41) is 3.40. The van der Waals surface area contributed by atoms with Gasteiger partial charge in [-0.25, -0.2) is 4.79 Å². The summed E-state index contributed by atoms with van der Waals surface area (Å²) in [5.74, 6) is 0. The fraction of sp³-hybridized carbons (Fsp3) is 0.471. The van der Waals surface area contributed by atoms with Crippen molar-refractivity contribution in [1.29, 1.82) is 0 Å². The molecule has 5 N–H and O–H groups in total. The molecule has 6 nitrogen and oxygen atoms in total. The molecule has 4 bridgehead atoms. The molecule has 24 heavy (non-hydrogen) atoms. The van der Waals surface area contributed by atoms with Crippen LogP contribution in [0.15, 0.2) is 35.5 Å². The van der Waals surface area contributed by atoms with Crippen molar-refractivity contribution in [2.24, 2.45) is 5.41 Å². The van der Waals surface area contributed by atoms with Crippen LogP contribution in [0.25, 0.3) is 0 Å². The summed E-state index contributed by atoms with van der Waals surface area (Å²) in [6, 6.07) is 6.86. The normalized spacial score (nSPS) is 30.9. The lowest BCUT2D eigenvalue weighted by Crippen LogP contribution is -3.14. The fourth-order valence-corrected chi connectivity index (χ4v) is 4.72. The minimum atomic E-state index is -0.277. The van der Waals surface area contributed by atoms with E-state index in [4.69, 9.17) is 11.6 Å². The lowest BCUT2D eigenvalue weighted by molar-refractivity contribution is -0.918. The van der Waals surface area contributed by atoms with E-state index in [1.807, 2.05) is 12.1 Å². The topological polar surface area (TPSA) is 62.0 Å². The molecule has 4 aliphatic heterocycles. The van der Waals surface area contributed by atoms with E-state index in [0.29, 0.717) is 10.7 Å². The van der Waals surface area contributed by atoms with Gasteiger partial charge in [-0.2, -0.15) is 0 Å². The van der Waals surface area contributed by atoms with Crippen molar-refractivity contribution in [2.45, 2.75) is 6.92 Å². The Bertz CT molecular complexity index is 686. The Morgan fingerprint density at radius 1 is 1.21 bits per heavy atom. The Hall–Kier alpha value is -1.76. The Labute approximate surface area is 146 Å². The highest BCUT2D eigenvalue weighted by atomic mass is 35.5. The van der Waals surface area contributed by atoms with Crippen molar-refractivity contribution >= 4 is 23.3 Å². The third kappa shape index (κ3) is 2.97. The smallest absolute Gasteiger partial charge is 0.326 e. The molecule has 4 heterocycles. The number of amides is 2. The highest BCUT2D eigenvalue weighted by Crippen LogP contribution is 2.29. The van der Waals surface area contributed by atoms with E-state index in [0.717, 1.165) is 26.2 Å². The van der Waals surface area contributed by atoms with Crippen LogP contribution in [0.4, 0.5) is 10.5 Å². The minimum absolute atomic E-state index is 0.121. The van der Waals surface area contributed by atoms with Gasteiger partial charge in [-0.3, -0.25) is 10.9 Å². The van der Waals surface area contributed by atoms with Crippen LogP contribution in [0.3, 0.4) is 0 Å². The number of anilines is 1. The summed E-state index contributed by atoms with van der Waals surface area (Å²) >= 11 is 5.94. The molecule has 2 fully saturated rings. The van der Waals surface area contributed by atoms with Crippen LogP contribution in [-0.4, -0.2) is 45.3 Å². The van der Waals surface area contributed by atoms with Gasteiger partial charge < -0.3 is 15.1 Å². The molecular weight excluding hydrogens is 326 g/mol. The summed E-state index contributed by atoms with van der Waals surface area (Å²) < 4.78 is 0. The number of carbonyl (C=O) groups excluding carboxylic acids is 1. The Morgan fingerprint density at radius 3 is 2.54 bits per heavy atom. The minimum Gasteiger partial charge on any atom is -0.326 e. The first-order chi connectivity index (χ1) is 11.5. The van der Waals surface area contributed by atoms with Gasteiger partial charge in [-0.1, -0.05) is 17.7 Å². The highest BCUT2D eigenvalue weighted by Gasteiger charge is 2.50. The van der Waals surface area contributed by atoms with Gasteiger partial charge in [-0.15, -0.1) is 0 Å². The monoisotopic (exact) mass is 349 g/mol. The molecule has 1 aromatic rings. The average molecular weight is 350 g/mol. The summed E-state index contributed by atoms with van der Waals surface area (Å²) in [4.78, 5) is 15.5. The molecule has 5 rings (SSSR count). The number of rotatable bonds is 3. The van der Waals surface area contributed by atoms with E-state index in [1.54, 1.807) is 21.9 Å². The maximum Gasteiger partial charge on any atom is 0.337 e. The largest absolute Gasteiger partial charge is 0.337 e. The molecule has 2 amide bonds. The molecule has 2 unspecified atom stereocenters. The van der Waals surface area contributed by atoms with Crippen molar-refractivity contribution in [3.63, 3.8) is 0 Å². The molecule has 0 aliphatic carbocycles. The van der Waals surface area contributed by atoms with Gasteiger partial charge >= 0.3 is 6.03 Å². The van der Waals surface area contributed by atoms with Crippen molar-refractivity contribution in [1.82, 2.24) is 10.9 Å². The Kier molecular flexibility index (Phi) is 3.90. The first-order valence-electron chi connectivity index (χ1n) is 8.50. The molecule has 1 aromatic carbocycles. The Morgan fingerprint density at radius 2 is 1.92 bits per heavy atom. The van der Waals surface area contributed by atoms with Gasteiger partial charge in [0.15, 0.2) is 0 Å². The zero-order valence-corrected chi connectivity index (χ0v) is 14.6. The van der Waals surface area contributed by atoms with E-state index >= 15 is 0 Å². The van der Waals surface area contributed by atoms with Gasteiger partial charge in [0.1, 0.15) is 31.6 Å². The predicted molar refractivity (Wildman–Crippen MR) is 93.0 cm³/mol. The number of benzene rings is 1. The molecule has 0 saturated carbocycles. The van der Waals surface area contributed by atoms with E-state index in [9.17, 15) is 4.79 Å². The quantitative estimate of drug-likeness (QED) is 0.456. The van der Waals surface area contributed by atoms with Crippen LogP contribution in [0.1, 0.15) is 6.92 Å². The number of hydrogen-bond donors (Lipinski definition) is 5. The van der Waals surface area contributed by atoms with Crippen LogP contribution >= 0.6 is 11.6 Å². The number of halogens is 1. The molecule has 0 spiro atoms. The van der Waals surface area contributed by atoms with E-state index < -0.39 is 0 Å². The van der Waals surface area contributed by atoms with Crippen LogP contribution < -0.4 is 26.0 Å². The number of urea groups is 1. The second-order valence-electron chi connectivity index (χ2n) is 7.46. The van der Waals surface area contributed by atoms with Crippen LogP contribution in [-0.2, 0) is 0 Å². The number of carbonyl (C=O) groups is 1. The van der Waals surface area contributed by atoms with Gasteiger partial charge in [0.25, 0.3) is 0 Å². The summed E-state index contributed by atoms with van der Waals surface area (Å²) in [5.41, 5.74) is 9.51. The first kappa shape index (κ1) is 15.7. The molecule has 2 saturated heterocycles. The Balaban J connectivity index is 1.44. The number of nitrogens with one attached hydrogen (secondary N) is 5. The third-order valence-electron chi connectivity index (χ3n) is 5.38. The fourth-order valence-electron chi connectivity index (χ4n) is 4.53. The summed E-state index contributed by atoms with van der Waals surface area (Å²) in [6.07, 6.45) is 0. The third-order valence-corrected chi connectivity index (χ3v) is 5.61. The SMILES string of the molecule is CC12C[NH+]3CC[NH+](CC(=C1NNC(=O)Nc1cccc(Cl)c1)C3)C2. The molecular formula is C17H24ClN5O+2. The van der Waals surface area contributed by atoms with Gasteiger partial charge in [0.05, 0.1) is 24.4 Å². The molecule has 0 radical (unpaired) electrons. The molecule has 0 aromatic heterocycles. The van der Waals surface area contributed by atoms with Gasteiger partial charge in [-0.05, 0) is 25.1 Å². The summed E-state index contributed by atoms with van der Waals surface area (Å²) in [6.45, 7) is 9.29.